The van der Waals surface area contributed by atoms with Crippen LogP contribution in [0.15, 0.2) is 48.1 Å². The van der Waals surface area contributed by atoms with E-state index in [0.717, 1.165) is 24.8 Å². The molecule has 1 heterocycles. The van der Waals surface area contributed by atoms with Gasteiger partial charge in [-0.1, -0.05) is 82.9 Å². The third-order valence-corrected chi connectivity index (χ3v) is 6.83. The zero-order valence-corrected chi connectivity index (χ0v) is 20.8. The Balaban J connectivity index is 2.60. The van der Waals surface area contributed by atoms with Crippen LogP contribution in [0.3, 0.4) is 0 Å². The van der Waals surface area contributed by atoms with Crippen molar-refractivity contribution >= 4 is 0 Å². The van der Waals surface area contributed by atoms with Gasteiger partial charge in [0, 0.05) is 19.1 Å². The highest BCUT2D eigenvalue weighted by atomic mass is 15.2. The Morgan fingerprint density at radius 2 is 1.73 bits per heavy atom. The van der Waals surface area contributed by atoms with Crippen molar-refractivity contribution in [3.05, 3.63) is 48.1 Å². The van der Waals surface area contributed by atoms with Gasteiger partial charge in [0.2, 0.25) is 0 Å². The molecule has 0 N–H and O–H groups in total. The average molecular weight is 414 g/mol. The SMILES string of the molecule is C=CCC/C=C\CCCC(/C=C\C1=C(CC)CCN(C(CC)CCCCC)C1)CC. The maximum absolute atomic E-state index is 3.79. The van der Waals surface area contributed by atoms with E-state index in [-0.39, 0.29) is 0 Å². The van der Waals surface area contributed by atoms with Crippen molar-refractivity contribution in [2.45, 2.75) is 117 Å². The molecule has 0 radical (unpaired) electrons. The summed E-state index contributed by atoms with van der Waals surface area (Å²) in [6.07, 6.45) is 28.3. The molecule has 0 aromatic carbocycles. The summed E-state index contributed by atoms with van der Waals surface area (Å²) in [5.74, 6) is 0.721. The molecular formula is C29H51N. The summed E-state index contributed by atoms with van der Waals surface area (Å²) in [5, 5.41) is 0. The molecule has 172 valence electrons. The van der Waals surface area contributed by atoms with Crippen LogP contribution in [0.1, 0.15) is 111 Å². The molecule has 0 saturated carbocycles. The summed E-state index contributed by atoms with van der Waals surface area (Å²) in [7, 11) is 0. The van der Waals surface area contributed by atoms with Gasteiger partial charge in [-0.15, -0.1) is 6.58 Å². The molecule has 1 rings (SSSR count). The lowest BCUT2D eigenvalue weighted by atomic mass is 9.92. The van der Waals surface area contributed by atoms with E-state index >= 15 is 0 Å². The van der Waals surface area contributed by atoms with E-state index in [1.807, 2.05) is 6.08 Å². The van der Waals surface area contributed by atoms with E-state index < -0.39 is 0 Å². The topological polar surface area (TPSA) is 3.24 Å². The minimum absolute atomic E-state index is 0.721. The van der Waals surface area contributed by atoms with Crippen LogP contribution in [-0.2, 0) is 0 Å². The van der Waals surface area contributed by atoms with Gasteiger partial charge in [-0.3, -0.25) is 4.90 Å². The van der Waals surface area contributed by atoms with Crippen molar-refractivity contribution in [1.29, 1.82) is 0 Å². The van der Waals surface area contributed by atoms with Gasteiger partial charge in [0.05, 0.1) is 0 Å². The van der Waals surface area contributed by atoms with Crippen LogP contribution in [0.25, 0.3) is 0 Å². The van der Waals surface area contributed by atoms with Crippen LogP contribution < -0.4 is 0 Å². The lowest BCUT2D eigenvalue weighted by molar-refractivity contribution is 0.187. The molecular weight excluding hydrogens is 362 g/mol. The Bertz CT molecular complexity index is 524. The Labute approximate surface area is 189 Å². The Kier molecular flexibility index (Phi) is 15.8. The molecule has 0 aliphatic carbocycles. The zero-order valence-electron chi connectivity index (χ0n) is 20.8. The van der Waals surface area contributed by atoms with Crippen molar-refractivity contribution in [2.24, 2.45) is 5.92 Å². The van der Waals surface area contributed by atoms with E-state index in [1.54, 1.807) is 11.1 Å². The first-order chi connectivity index (χ1) is 14.7. The second-order valence-corrected chi connectivity index (χ2v) is 9.06. The van der Waals surface area contributed by atoms with E-state index in [9.17, 15) is 0 Å². The van der Waals surface area contributed by atoms with Crippen molar-refractivity contribution in [1.82, 2.24) is 4.90 Å². The second-order valence-electron chi connectivity index (χ2n) is 9.06. The first-order valence-electron chi connectivity index (χ1n) is 13.1. The van der Waals surface area contributed by atoms with Crippen molar-refractivity contribution in [3.63, 3.8) is 0 Å². The summed E-state index contributed by atoms with van der Waals surface area (Å²) in [6, 6.07) is 0.771. The molecule has 0 amide bonds. The van der Waals surface area contributed by atoms with E-state index in [2.05, 4.69) is 63.5 Å². The number of nitrogens with zero attached hydrogens (tertiary/aromatic N) is 1. The lowest BCUT2D eigenvalue weighted by Crippen LogP contribution is -2.39. The van der Waals surface area contributed by atoms with Crippen LogP contribution in [0, 0.1) is 5.92 Å². The predicted molar refractivity (Wildman–Crippen MR) is 137 cm³/mol. The maximum Gasteiger partial charge on any atom is 0.0236 e. The van der Waals surface area contributed by atoms with Gasteiger partial charge in [-0.25, -0.2) is 0 Å². The Hall–Kier alpha value is -1.08. The van der Waals surface area contributed by atoms with Crippen LogP contribution in [-0.4, -0.2) is 24.0 Å². The minimum atomic E-state index is 0.721. The molecule has 1 aliphatic heterocycles. The standard InChI is InChI=1S/C29H51N/c1-6-11-13-14-15-16-18-19-26(8-3)21-22-28-25-30(24-23-27(28)9-4)29(10-5)20-17-12-7-2/h6,14-15,21-22,26,29H,1,7-13,16-20,23-25H2,2-5H3/b15-14-,22-21-. The highest BCUT2D eigenvalue weighted by Crippen LogP contribution is 2.27. The third-order valence-electron chi connectivity index (χ3n) is 6.83. The van der Waals surface area contributed by atoms with Crippen LogP contribution in [0.4, 0.5) is 0 Å². The Morgan fingerprint density at radius 3 is 2.40 bits per heavy atom. The predicted octanol–water partition coefficient (Wildman–Crippen LogP) is 9.03. The number of rotatable bonds is 17. The van der Waals surface area contributed by atoms with Gasteiger partial charge >= 0.3 is 0 Å². The Morgan fingerprint density at radius 1 is 0.933 bits per heavy atom. The van der Waals surface area contributed by atoms with E-state index in [0.29, 0.717) is 0 Å². The quantitative estimate of drug-likeness (QED) is 0.170. The fraction of sp³-hybridized carbons (Fsp3) is 0.724. The van der Waals surface area contributed by atoms with Gasteiger partial charge in [-0.05, 0) is 75.7 Å². The van der Waals surface area contributed by atoms with Gasteiger partial charge < -0.3 is 0 Å². The molecule has 0 aromatic rings. The monoisotopic (exact) mass is 413 g/mol. The molecule has 1 heteroatoms. The molecule has 0 spiro atoms. The normalized spacial score (nSPS) is 17.9. The van der Waals surface area contributed by atoms with Gasteiger partial charge in [0.15, 0.2) is 0 Å². The summed E-state index contributed by atoms with van der Waals surface area (Å²) in [6.45, 7) is 15.6. The summed E-state index contributed by atoms with van der Waals surface area (Å²) >= 11 is 0. The fourth-order valence-corrected chi connectivity index (χ4v) is 4.65. The number of allylic oxidation sites excluding steroid dienone is 4. The first kappa shape index (κ1) is 27.0. The summed E-state index contributed by atoms with van der Waals surface area (Å²) in [5.41, 5.74) is 3.33. The fourth-order valence-electron chi connectivity index (χ4n) is 4.65. The molecule has 30 heavy (non-hydrogen) atoms. The number of unbranched alkanes of at least 4 members (excludes halogenated alkanes) is 4. The van der Waals surface area contributed by atoms with Gasteiger partial charge in [0.1, 0.15) is 0 Å². The maximum atomic E-state index is 3.79. The molecule has 0 saturated heterocycles. The molecule has 2 unspecified atom stereocenters. The smallest absolute Gasteiger partial charge is 0.0236 e. The van der Waals surface area contributed by atoms with Crippen LogP contribution in [0.2, 0.25) is 0 Å². The largest absolute Gasteiger partial charge is 0.296 e. The second kappa shape index (κ2) is 17.6. The van der Waals surface area contributed by atoms with E-state index in [1.165, 1.54) is 83.7 Å². The molecule has 0 bridgehead atoms. The average Bonchev–Trinajstić information content (AvgIpc) is 2.78. The third kappa shape index (κ3) is 10.8. The number of hydrogen-bond donors (Lipinski definition) is 0. The highest BCUT2D eigenvalue weighted by Gasteiger charge is 2.22. The van der Waals surface area contributed by atoms with Crippen LogP contribution >= 0.6 is 0 Å². The van der Waals surface area contributed by atoms with Crippen molar-refractivity contribution < 1.29 is 0 Å². The van der Waals surface area contributed by atoms with E-state index in [4.69, 9.17) is 0 Å². The van der Waals surface area contributed by atoms with Crippen molar-refractivity contribution in [3.8, 4) is 0 Å². The molecule has 0 fully saturated rings. The molecule has 0 aromatic heterocycles. The first-order valence-corrected chi connectivity index (χ1v) is 13.1. The number of hydrogen-bond acceptors (Lipinski definition) is 1. The highest BCUT2D eigenvalue weighted by molar-refractivity contribution is 5.30. The van der Waals surface area contributed by atoms with Crippen molar-refractivity contribution in [2.75, 3.05) is 13.1 Å². The summed E-state index contributed by atoms with van der Waals surface area (Å²) < 4.78 is 0. The summed E-state index contributed by atoms with van der Waals surface area (Å²) in [4.78, 5) is 2.78. The molecule has 1 aliphatic rings. The van der Waals surface area contributed by atoms with Gasteiger partial charge in [-0.2, -0.15) is 0 Å². The lowest BCUT2D eigenvalue weighted by Gasteiger charge is -2.36. The van der Waals surface area contributed by atoms with Crippen LogP contribution in [0.5, 0.6) is 0 Å². The zero-order chi connectivity index (χ0) is 22.0. The van der Waals surface area contributed by atoms with Gasteiger partial charge in [0.25, 0.3) is 0 Å². The molecule has 1 nitrogen and oxygen atoms in total. The minimum Gasteiger partial charge on any atom is -0.296 e. The molecule has 2 atom stereocenters.